The Morgan fingerprint density at radius 2 is 1.94 bits per heavy atom. The van der Waals surface area contributed by atoms with Crippen molar-refractivity contribution in [1.82, 2.24) is 0 Å². The van der Waals surface area contributed by atoms with Gasteiger partial charge >= 0.3 is 0 Å². The van der Waals surface area contributed by atoms with Gasteiger partial charge in [-0.25, -0.2) is 0 Å². The fourth-order valence-corrected chi connectivity index (χ4v) is 2.76. The van der Waals surface area contributed by atoms with Gasteiger partial charge in [0.25, 0.3) is 0 Å². The van der Waals surface area contributed by atoms with Gasteiger partial charge in [-0.3, -0.25) is 4.79 Å². The quantitative estimate of drug-likeness (QED) is 0.765. The average Bonchev–Trinajstić information content (AvgIpc) is 2.70. The van der Waals surface area contributed by atoms with Crippen molar-refractivity contribution >= 4 is 17.1 Å². The van der Waals surface area contributed by atoms with E-state index in [1.165, 1.54) is 4.88 Å². The van der Waals surface area contributed by atoms with Gasteiger partial charge in [0, 0.05) is 15.3 Å². The van der Waals surface area contributed by atoms with E-state index in [2.05, 4.69) is 0 Å². The van der Waals surface area contributed by atoms with Crippen LogP contribution in [0.4, 0.5) is 0 Å². The lowest BCUT2D eigenvalue weighted by atomic mass is 10.2. The molecule has 0 bridgehead atoms. The van der Waals surface area contributed by atoms with Crippen LogP contribution >= 0.6 is 11.3 Å². The van der Waals surface area contributed by atoms with Crippen LogP contribution in [0.3, 0.4) is 0 Å². The zero-order valence-electron chi connectivity index (χ0n) is 10.6. The van der Waals surface area contributed by atoms with Crippen LogP contribution in [0, 0.1) is 13.8 Å². The third-order valence-corrected chi connectivity index (χ3v) is 3.65. The molecular weight excluding hydrogens is 244 g/mol. The van der Waals surface area contributed by atoms with Crippen LogP contribution < -0.4 is 0 Å². The second-order valence-electron chi connectivity index (χ2n) is 4.23. The van der Waals surface area contributed by atoms with E-state index in [9.17, 15) is 4.79 Å². The average molecular weight is 260 g/mol. The molecule has 94 valence electrons. The lowest BCUT2D eigenvalue weighted by molar-refractivity contribution is 0.0726. The second-order valence-corrected chi connectivity index (χ2v) is 5.69. The molecule has 0 saturated carbocycles. The molecule has 0 aliphatic heterocycles. The van der Waals surface area contributed by atoms with Gasteiger partial charge in [0.2, 0.25) is 0 Å². The van der Waals surface area contributed by atoms with Crippen LogP contribution in [0.25, 0.3) is 0 Å². The first kappa shape index (κ1) is 13.0. The molecule has 18 heavy (non-hydrogen) atoms. The standard InChI is InChI=1S/C15H16O2S/c1-11-8-14(12(2)18-11)15(16)10-17-9-13-6-4-3-5-7-13/h3-8H,9-10H2,1-2H3. The highest BCUT2D eigenvalue weighted by Crippen LogP contribution is 2.21. The molecule has 0 N–H and O–H groups in total. The van der Waals surface area contributed by atoms with Gasteiger partial charge in [0.15, 0.2) is 5.78 Å². The Labute approximate surface area is 111 Å². The van der Waals surface area contributed by atoms with E-state index >= 15 is 0 Å². The maximum absolute atomic E-state index is 12.0. The van der Waals surface area contributed by atoms with Crippen molar-refractivity contribution in [3.63, 3.8) is 0 Å². The van der Waals surface area contributed by atoms with Gasteiger partial charge in [-0.2, -0.15) is 0 Å². The number of carbonyl (C=O) groups excluding carboxylic acids is 1. The highest BCUT2D eigenvalue weighted by molar-refractivity contribution is 7.12. The molecule has 3 heteroatoms. The van der Waals surface area contributed by atoms with Crippen molar-refractivity contribution in [2.75, 3.05) is 6.61 Å². The summed E-state index contributed by atoms with van der Waals surface area (Å²) in [6.07, 6.45) is 0. The molecule has 0 aliphatic rings. The molecule has 1 aromatic heterocycles. The van der Waals surface area contributed by atoms with Crippen LogP contribution in [0.2, 0.25) is 0 Å². The predicted molar refractivity (Wildman–Crippen MR) is 74.2 cm³/mol. The molecule has 0 radical (unpaired) electrons. The fourth-order valence-electron chi connectivity index (χ4n) is 1.82. The Kier molecular flexibility index (Phi) is 4.28. The lowest BCUT2D eigenvalue weighted by Crippen LogP contribution is -2.09. The zero-order valence-corrected chi connectivity index (χ0v) is 11.4. The Bertz CT molecular complexity index is 529. The molecule has 0 atom stereocenters. The number of ether oxygens (including phenoxy) is 1. The van der Waals surface area contributed by atoms with Crippen LogP contribution in [-0.4, -0.2) is 12.4 Å². The van der Waals surface area contributed by atoms with Crippen LogP contribution in [0.1, 0.15) is 25.7 Å². The molecule has 2 rings (SSSR count). The minimum absolute atomic E-state index is 0.0628. The molecule has 0 aliphatic carbocycles. The summed E-state index contributed by atoms with van der Waals surface area (Å²) in [7, 11) is 0. The van der Waals surface area contributed by atoms with Gasteiger partial charge in [0.05, 0.1) is 6.61 Å². The van der Waals surface area contributed by atoms with Crippen LogP contribution in [0.15, 0.2) is 36.4 Å². The van der Waals surface area contributed by atoms with E-state index in [1.807, 2.05) is 50.2 Å². The Morgan fingerprint density at radius 3 is 2.56 bits per heavy atom. The fraction of sp³-hybridized carbons (Fsp3) is 0.267. The Morgan fingerprint density at radius 1 is 1.22 bits per heavy atom. The summed E-state index contributed by atoms with van der Waals surface area (Å²) in [6, 6.07) is 11.8. The van der Waals surface area contributed by atoms with E-state index in [0.29, 0.717) is 6.61 Å². The highest BCUT2D eigenvalue weighted by atomic mass is 32.1. The van der Waals surface area contributed by atoms with E-state index < -0.39 is 0 Å². The van der Waals surface area contributed by atoms with E-state index in [4.69, 9.17) is 4.74 Å². The minimum Gasteiger partial charge on any atom is -0.369 e. The number of hydrogen-bond donors (Lipinski definition) is 0. The second kappa shape index (κ2) is 5.94. The lowest BCUT2D eigenvalue weighted by Gasteiger charge is -2.03. The summed E-state index contributed by atoms with van der Waals surface area (Å²) < 4.78 is 5.46. The van der Waals surface area contributed by atoms with Crippen molar-refractivity contribution in [3.8, 4) is 0 Å². The molecular formula is C15H16O2S. The molecule has 1 aromatic carbocycles. The first-order valence-corrected chi connectivity index (χ1v) is 6.70. The number of aryl methyl sites for hydroxylation is 2. The van der Waals surface area contributed by atoms with Gasteiger partial charge in [-0.1, -0.05) is 30.3 Å². The van der Waals surface area contributed by atoms with Gasteiger partial charge in [-0.05, 0) is 25.5 Å². The number of ketones is 1. The molecule has 1 heterocycles. The van der Waals surface area contributed by atoms with Gasteiger partial charge < -0.3 is 4.74 Å². The van der Waals surface area contributed by atoms with Crippen LogP contribution in [0.5, 0.6) is 0 Å². The molecule has 2 aromatic rings. The van der Waals surface area contributed by atoms with Crippen molar-refractivity contribution in [2.45, 2.75) is 20.5 Å². The summed E-state index contributed by atoms with van der Waals surface area (Å²) in [5.74, 6) is 0.0628. The smallest absolute Gasteiger partial charge is 0.189 e. The van der Waals surface area contributed by atoms with E-state index in [-0.39, 0.29) is 12.4 Å². The third-order valence-electron chi connectivity index (χ3n) is 2.69. The number of carbonyl (C=O) groups is 1. The van der Waals surface area contributed by atoms with Crippen molar-refractivity contribution in [1.29, 1.82) is 0 Å². The number of benzene rings is 1. The van der Waals surface area contributed by atoms with Crippen LogP contribution in [-0.2, 0) is 11.3 Å². The van der Waals surface area contributed by atoms with Crippen molar-refractivity contribution < 1.29 is 9.53 Å². The first-order chi connectivity index (χ1) is 8.66. The predicted octanol–water partition coefficient (Wildman–Crippen LogP) is 3.76. The summed E-state index contributed by atoms with van der Waals surface area (Å²) in [6.45, 7) is 4.61. The maximum atomic E-state index is 12.0. The third kappa shape index (κ3) is 3.28. The molecule has 0 spiro atoms. The number of Topliss-reactive ketones (excluding diaryl/α,β-unsaturated/α-hetero) is 1. The largest absolute Gasteiger partial charge is 0.369 e. The number of rotatable bonds is 5. The summed E-state index contributed by atoms with van der Waals surface area (Å²) in [5, 5.41) is 0. The van der Waals surface area contributed by atoms with Gasteiger partial charge in [0.1, 0.15) is 6.61 Å². The number of hydrogen-bond acceptors (Lipinski definition) is 3. The summed E-state index contributed by atoms with van der Waals surface area (Å²) >= 11 is 1.65. The molecule has 2 nitrogen and oxygen atoms in total. The van der Waals surface area contributed by atoms with E-state index in [0.717, 1.165) is 16.0 Å². The maximum Gasteiger partial charge on any atom is 0.189 e. The normalized spacial score (nSPS) is 10.6. The molecule has 0 saturated heterocycles. The topological polar surface area (TPSA) is 26.3 Å². The van der Waals surface area contributed by atoms with Crippen molar-refractivity contribution in [2.24, 2.45) is 0 Å². The highest BCUT2D eigenvalue weighted by Gasteiger charge is 2.11. The molecule has 0 fully saturated rings. The Balaban J connectivity index is 1.87. The van der Waals surface area contributed by atoms with E-state index in [1.54, 1.807) is 11.3 Å². The number of thiophene rings is 1. The SMILES string of the molecule is Cc1cc(C(=O)COCc2ccccc2)c(C)s1. The summed E-state index contributed by atoms with van der Waals surface area (Å²) in [4.78, 5) is 14.2. The summed E-state index contributed by atoms with van der Waals surface area (Å²) in [5.41, 5.74) is 1.88. The monoisotopic (exact) mass is 260 g/mol. The molecule has 0 amide bonds. The van der Waals surface area contributed by atoms with Crippen molar-refractivity contribution in [3.05, 3.63) is 57.3 Å². The zero-order chi connectivity index (χ0) is 13.0. The Hall–Kier alpha value is -1.45. The molecule has 0 unspecified atom stereocenters. The first-order valence-electron chi connectivity index (χ1n) is 5.88. The minimum atomic E-state index is 0.0628. The van der Waals surface area contributed by atoms with Gasteiger partial charge in [-0.15, -0.1) is 11.3 Å².